The van der Waals surface area contributed by atoms with Gasteiger partial charge >= 0.3 is 0 Å². The largest absolute Gasteiger partial charge is 0.393 e. The Morgan fingerprint density at radius 1 is 1.50 bits per heavy atom. The topological polar surface area (TPSA) is 40.5 Å². The summed E-state index contributed by atoms with van der Waals surface area (Å²) in [4.78, 5) is 0. The average Bonchev–Trinajstić information content (AvgIpc) is 2.66. The molecule has 0 aromatic heterocycles. The Hall–Kier alpha value is -0.780. The predicted molar refractivity (Wildman–Crippen MR) is 82.0 cm³/mol. The van der Waals surface area contributed by atoms with E-state index in [4.69, 9.17) is 0 Å². The van der Waals surface area contributed by atoms with Gasteiger partial charge in [0.25, 0.3) is 0 Å². The normalized spacial score (nSPS) is 34.8. The van der Waals surface area contributed by atoms with Crippen LogP contribution in [0.15, 0.2) is 11.6 Å². The van der Waals surface area contributed by atoms with E-state index in [9.17, 15) is 10.2 Å². The molecule has 1 fully saturated rings. The lowest BCUT2D eigenvalue weighted by Crippen LogP contribution is -2.39. The van der Waals surface area contributed by atoms with Crippen molar-refractivity contribution in [3.8, 4) is 11.8 Å². The SMILES string of the molecule is C[C@@H](CC#CC(C)(C)O)C1=CCC2C(O)CCC[C@]12C. The quantitative estimate of drug-likeness (QED) is 0.600. The van der Waals surface area contributed by atoms with Gasteiger partial charge in [0.1, 0.15) is 5.60 Å². The van der Waals surface area contributed by atoms with Crippen molar-refractivity contribution in [3.05, 3.63) is 11.6 Å². The maximum Gasteiger partial charge on any atom is 0.119 e. The van der Waals surface area contributed by atoms with E-state index < -0.39 is 5.60 Å². The second-order valence-electron chi connectivity index (χ2n) is 7.34. The average molecular weight is 276 g/mol. The summed E-state index contributed by atoms with van der Waals surface area (Å²) in [6.45, 7) is 7.97. The van der Waals surface area contributed by atoms with Crippen LogP contribution >= 0.6 is 0 Å². The number of hydrogen-bond acceptors (Lipinski definition) is 2. The smallest absolute Gasteiger partial charge is 0.119 e. The summed E-state index contributed by atoms with van der Waals surface area (Å²) >= 11 is 0. The lowest BCUT2D eigenvalue weighted by Gasteiger charge is -2.43. The summed E-state index contributed by atoms with van der Waals surface area (Å²) in [5, 5.41) is 19.9. The molecule has 2 aliphatic carbocycles. The Labute approximate surface area is 123 Å². The Balaban J connectivity index is 2.07. The standard InChI is InChI=1S/C18H28O2/c1-13(7-5-11-17(2,3)20)14-9-10-15-16(19)8-6-12-18(14,15)4/h9,13,15-16,19-20H,6-8,10,12H2,1-4H3/t13-,15?,16?,18+/m0/s1. The first kappa shape index (κ1) is 15.6. The Morgan fingerprint density at radius 2 is 2.20 bits per heavy atom. The maximum atomic E-state index is 10.2. The highest BCUT2D eigenvalue weighted by atomic mass is 16.3. The van der Waals surface area contributed by atoms with Crippen LogP contribution < -0.4 is 0 Å². The molecule has 0 heterocycles. The number of aliphatic hydroxyl groups is 2. The Kier molecular flexibility index (Phi) is 4.33. The molecule has 2 nitrogen and oxygen atoms in total. The van der Waals surface area contributed by atoms with Crippen LogP contribution in [0, 0.1) is 29.1 Å². The van der Waals surface area contributed by atoms with E-state index in [0.717, 1.165) is 25.7 Å². The molecule has 2 aliphatic rings. The maximum absolute atomic E-state index is 10.2. The minimum absolute atomic E-state index is 0.142. The zero-order chi connectivity index (χ0) is 15.0. The van der Waals surface area contributed by atoms with Gasteiger partial charge in [0, 0.05) is 6.42 Å². The van der Waals surface area contributed by atoms with E-state index in [1.807, 2.05) is 0 Å². The second kappa shape index (κ2) is 5.54. The molecule has 0 bridgehead atoms. The third kappa shape index (κ3) is 3.10. The highest BCUT2D eigenvalue weighted by Crippen LogP contribution is 2.54. The van der Waals surface area contributed by atoms with Gasteiger partial charge in [0.05, 0.1) is 6.10 Å². The molecule has 0 aromatic carbocycles. The number of fused-ring (bicyclic) bond motifs is 1. The van der Waals surface area contributed by atoms with Gasteiger partial charge < -0.3 is 10.2 Å². The van der Waals surface area contributed by atoms with Crippen molar-refractivity contribution in [1.29, 1.82) is 0 Å². The van der Waals surface area contributed by atoms with Gasteiger partial charge in [-0.3, -0.25) is 0 Å². The zero-order valence-corrected chi connectivity index (χ0v) is 13.2. The number of hydrogen-bond donors (Lipinski definition) is 2. The molecular formula is C18H28O2. The molecule has 0 aromatic rings. The molecule has 2 unspecified atom stereocenters. The summed E-state index contributed by atoms with van der Waals surface area (Å²) in [6.07, 6.45) is 7.25. The molecule has 2 N–H and O–H groups in total. The molecule has 0 radical (unpaired) electrons. The van der Waals surface area contributed by atoms with E-state index in [-0.39, 0.29) is 11.5 Å². The van der Waals surface area contributed by atoms with Crippen molar-refractivity contribution < 1.29 is 10.2 Å². The molecule has 20 heavy (non-hydrogen) atoms. The van der Waals surface area contributed by atoms with Crippen LogP contribution in [-0.2, 0) is 0 Å². The number of aliphatic hydroxyl groups excluding tert-OH is 1. The zero-order valence-electron chi connectivity index (χ0n) is 13.2. The van der Waals surface area contributed by atoms with E-state index in [1.165, 1.54) is 12.0 Å². The van der Waals surface area contributed by atoms with Gasteiger partial charge in [-0.25, -0.2) is 0 Å². The van der Waals surface area contributed by atoms with Crippen LogP contribution in [-0.4, -0.2) is 21.9 Å². The lowest BCUT2D eigenvalue weighted by atomic mass is 9.63. The van der Waals surface area contributed by atoms with E-state index >= 15 is 0 Å². The fourth-order valence-electron chi connectivity index (χ4n) is 4.05. The molecule has 1 saturated carbocycles. The van der Waals surface area contributed by atoms with Gasteiger partial charge in [0.2, 0.25) is 0 Å². The molecule has 112 valence electrons. The van der Waals surface area contributed by atoms with Gasteiger partial charge in [-0.1, -0.05) is 37.3 Å². The summed E-state index contributed by atoms with van der Waals surface area (Å²) in [5.41, 5.74) is 0.733. The van der Waals surface area contributed by atoms with E-state index in [1.54, 1.807) is 13.8 Å². The second-order valence-corrected chi connectivity index (χ2v) is 7.34. The molecule has 2 rings (SSSR count). The third-order valence-electron chi connectivity index (χ3n) is 5.06. The monoisotopic (exact) mass is 276 g/mol. The van der Waals surface area contributed by atoms with E-state index in [0.29, 0.717) is 11.8 Å². The molecule has 0 aliphatic heterocycles. The fraction of sp³-hybridized carbons (Fsp3) is 0.778. The van der Waals surface area contributed by atoms with Crippen LogP contribution in [0.1, 0.15) is 59.8 Å². The highest BCUT2D eigenvalue weighted by Gasteiger charge is 2.47. The predicted octanol–water partition coefficient (Wildman–Crippen LogP) is 3.28. The first-order chi connectivity index (χ1) is 9.24. The minimum atomic E-state index is -0.906. The van der Waals surface area contributed by atoms with Crippen LogP contribution in [0.5, 0.6) is 0 Å². The molecule has 0 amide bonds. The molecule has 2 heteroatoms. The van der Waals surface area contributed by atoms with Crippen LogP contribution in [0.25, 0.3) is 0 Å². The first-order valence-corrected chi connectivity index (χ1v) is 7.85. The van der Waals surface area contributed by atoms with Crippen molar-refractivity contribution in [3.63, 3.8) is 0 Å². The summed E-state index contributed by atoms with van der Waals surface area (Å²) in [7, 11) is 0. The van der Waals surface area contributed by atoms with Gasteiger partial charge in [-0.2, -0.15) is 0 Å². The van der Waals surface area contributed by atoms with Crippen molar-refractivity contribution in [2.24, 2.45) is 17.3 Å². The van der Waals surface area contributed by atoms with Crippen molar-refractivity contribution in [1.82, 2.24) is 0 Å². The third-order valence-corrected chi connectivity index (χ3v) is 5.06. The van der Waals surface area contributed by atoms with Crippen molar-refractivity contribution in [2.45, 2.75) is 71.5 Å². The molecule has 4 atom stereocenters. The first-order valence-electron chi connectivity index (χ1n) is 7.85. The minimum Gasteiger partial charge on any atom is -0.393 e. The van der Waals surface area contributed by atoms with Gasteiger partial charge in [0.15, 0.2) is 0 Å². The number of rotatable bonds is 2. The number of allylic oxidation sites excluding steroid dienone is 2. The van der Waals surface area contributed by atoms with Gasteiger partial charge in [-0.05, 0) is 56.8 Å². The van der Waals surface area contributed by atoms with E-state index in [2.05, 4.69) is 31.8 Å². The molecule has 0 spiro atoms. The summed E-state index contributed by atoms with van der Waals surface area (Å²) in [5.74, 6) is 6.83. The molecule has 0 saturated heterocycles. The highest BCUT2D eigenvalue weighted by molar-refractivity contribution is 5.27. The summed E-state index contributed by atoms with van der Waals surface area (Å²) < 4.78 is 0. The van der Waals surface area contributed by atoms with Crippen LogP contribution in [0.3, 0.4) is 0 Å². The molecular weight excluding hydrogens is 248 g/mol. The van der Waals surface area contributed by atoms with Crippen LogP contribution in [0.4, 0.5) is 0 Å². The van der Waals surface area contributed by atoms with Crippen LogP contribution in [0.2, 0.25) is 0 Å². The Bertz CT molecular complexity index is 446. The fourth-order valence-corrected chi connectivity index (χ4v) is 4.05. The summed E-state index contributed by atoms with van der Waals surface area (Å²) in [6, 6.07) is 0. The van der Waals surface area contributed by atoms with Crippen molar-refractivity contribution >= 4 is 0 Å². The lowest BCUT2D eigenvalue weighted by molar-refractivity contribution is 0.00809. The Morgan fingerprint density at radius 3 is 2.85 bits per heavy atom. The van der Waals surface area contributed by atoms with Gasteiger partial charge in [-0.15, -0.1) is 0 Å². The van der Waals surface area contributed by atoms with Crippen molar-refractivity contribution in [2.75, 3.05) is 0 Å².